The highest BCUT2D eigenvalue weighted by Crippen LogP contribution is 2.45. The molecule has 1 aromatic rings. The van der Waals surface area contributed by atoms with Gasteiger partial charge in [-0.15, -0.1) is 0 Å². The fourth-order valence-corrected chi connectivity index (χ4v) is 3.74. The van der Waals surface area contributed by atoms with Crippen molar-refractivity contribution in [3.8, 4) is 5.75 Å². The largest absolute Gasteiger partial charge is 0.506 e. The smallest absolute Gasteiger partial charge is 0.304 e. The molecule has 0 amide bonds. The van der Waals surface area contributed by atoms with Gasteiger partial charge in [-0.2, -0.15) is 0 Å². The summed E-state index contributed by atoms with van der Waals surface area (Å²) in [5.74, 6) is -0.807. The molecule has 3 nitrogen and oxygen atoms in total. The van der Waals surface area contributed by atoms with E-state index in [0.29, 0.717) is 10.6 Å². The van der Waals surface area contributed by atoms with Crippen LogP contribution in [0.1, 0.15) is 55.4 Å². The second-order valence-corrected chi connectivity index (χ2v) is 6.66. The van der Waals surface area contributed by atoms with Gasteiger partial charge in [-0.25, -0.2) is 0 Å². The lowest BCUT2D eigenvalue weighted by atomic mass is 9.75. The van der Waals surface area contributed by atoms with Gasteiger partial charge in [-0.3, -0.25) is 4.79 Å². The Morgan fingerprint density at radius 3 is 2.35 bits per heavy atom. The van der Waals surface area contributed by atoms with E-state index >= 15 is 0 Å². The molecule has 0 aliphatic heterocycles. The minimum absolute atomic E-state index is 0.0312. The first-order valence-electron chi connectivity index (χ1n) is 7.00. The van der Waals surface area contributed by atoms with Crippen molar-refractivity contribution in [2.24, 2.45) is 0 Å². The van der Waals surface area contributed by atoms with Crippen LogP contribution in [0.4, 0.5) is 0 Å². The molecule has 0 aromatic heterocycles. The van der Waals surface area contributed by atoms with Gasteiger partial charge in [0.1, 0.15) is 5.75 Å². The normalized spacial score (nSPS) is 15.0. The summed E-state index contributed by atoms with van der Waals surface area (Å²) in [6, 6.07) is 0. The van der Waals surface area contributed by atoms with Gasteiger partial charge < -0.3 is 10.2 Å². The number of hydrogen-bond acceptors (Lipinski definition) is 2. The van der Waals surface area contributed by atoms with Crippen molar-refractivity contribution in [1.29, 1.82) is 0 Å². The second-order valence-electron chi connectivity index (χ2n) is 6.28. The van der Waals surface area contributed by atoms with E-state index in [2.05, 4.69) is 0 Å². The van der Waals surface area contributed by atoms with Gasteiger partial charge in [-0.05, 0) is 49.3 Å². The summed E-state index contributed by atoms with van der Waals surface area (Å²) in [5.41, 5.74) is 3.30. The molecule has 4 heteroatoms. The van der Waals surface area contributed by atoms with Crippen LogP contribution in [0.25, 0.3) is 0 Å². The van der Waals surface area contributed by atoms with Gasteiger partial charge in [-0.1, -0.05) is 25.4 Å². The van der Waals surface area contributed by atoms with E-state index in [0.717, 1.165) is 36.8 Å². The summed E-state index contributed by atoms with van der Waals surface area (Å²) in [7, 11) is 0. The van der Waals surface area contributed by atoms with E-state index in [9.17, 15) is 9.90 Å². The quantitative estimate of drug-likeness (QED) is 0.887. The summed E-state index contributed by atoms with van der Waals surface area (Å²) in [6.45, 7) is 5.66. The molecule has 1 aliphatic carbocycles. The molecular weight excluding hydrogens is 276 g/mol. The lowest BCUT2D eigenvalue weighted by molar-refractivity contribution is -0.138. The van der Waals surface area contributed by atoms with Crippen LogP contribution in [0, 0.1) is 6.92 Å². The molecule has 0 saturated carbocycles. The summed E-state index contributed by atoms with van der Waals surface area (Å²) < 4.78 is 0. The summed E-state index contributed by atoms with van der Waals surface area (Å²) in [4.78, 5) is 11.1. The van der Waals surface area contributed by atoms with Gasteiger partial charge in [0.25, 0.3) is 0 Å². The number of aliphatic carboxylic acids is 1. The number of phenolic OH excluding ortho intramolecular Hbond substituents is 1. The van der Waals surface area contributed by atoms with Crippen LogP contribution in [0.2, 0.25) is 5.02 Å². The van der Waals surface area contributed by atoms with Crippen molar-refractivity contribution in [3.05, 3.63) is 27.3 Å². The predicted molar refractivity (Wildman–Crippen MR) is 79.8 cm³/mol. The highest BCUT2D eigenvalue weighted by Gasteiger charge is 2.33. The highest BCUT2D eigenvalue weighted by atomic mass is 35.5. The van der Waals surface area contributed by atoms with E-state index in [1.807, 2.05) is 20.8 Å². The Bertz CT molecular complexity index is 562. The van der Waals surface area contributed by atoms with Gasteiger partial charge in [0, 0.05) is 11.0 Å². The van der Waals surface area contributed by atoms with Gasteiger partial charge >= 0.3 is 5.97 Å². The molecule has 2 N–H and O–H groups in total. The zero-order valence-electron chi connectivity index (χ0n) is 12.2. The van der Waals surface area contributed by atoms with Crippen molar-refractivity contribution in [1.82, 2.24) is 0 Å². The van der Waals surface area contributed by atoms with Crippen molar-refractivity contribution in [2.45, 2.75) is 58.3 Å². The zero-order chi connectivity index (χ0) is 15.1. The number of hydrogen-bond donors (Lipinski definition) is 2. The minimum atomic E-state index is -0.873. The number of carbonyl (C=O) groups is 1. The first-order chi connectivity index (χ1) is 9.25. The number of rotatable bonds is 3. The van der Waals surface area contributed by atoms with E-state index < -0.39 is 11.4 Å². The number of aromatic hydroxyl groups is 1. The van der Waals surface area contributed by atoms with E-state index in [1.165, 1.54) is 5.56 Å². The fraction of sp³-hybridized carbons (Fsp3) is 0.562. The Morgan fingerprint density at radius 2 is 1.80 bits per heavy atom. The molecule has 0 bridgehead atoms. The minimum Gasteiger partial charge on any atom is -0.506 e. The molecule has 0 spiro atoms. The maximum atomic E-state index is 11.1. The van der Waals surface area contributed by atoms with Crippen LogP contribution in [-0.2, 0) is 23.1 Å². The monoisotopic (exact) mass is 296 g/mol. The molecule has 0 fully saturated rings. The molecule has 0 atom stereocenters. The fourth-order valence-electron chi connectivity index (χ4n) is 3.44. The number of fused-ring (bicyclic) bond motifs is 1. The first-order valence-corrected chi connectivity index (χ1v) is 7.38. The third-order valence-corrected chi connectivity index (χ3v) is 4.68. The average Bonchev–Trinajstić information content (AvgIpc) is 2.34. The molecule has 2 rings (SSSR count). The van der Waals surface area contributed by atoms with Crippen LogP contribution in [0.5, 0.6) is 5.75 Å². The van der Waals surface area contributed by atoms with Crippen LogP contribution in [0.15, 0.2) is 0 Å². The molecule has 1 aromatic carbocycles. The molecular formula is C16H21ClO3. The Balaban J connectivity index is 2.65. The van der Waals surface area contributed by atoms with Gasteiger partial charge in [0.15, 0.2) is 0 Å². The standard InChI is InChI=1S/C16H21ClO3/c1-9-10-6-4-5-7-11(10)14(17)15(20)13(9)16(2,3)8-12(18)19/h20H,4-8H2,1-3H3,(H,18,19). The van der Waals surface area contributed by atoms with Crippen LogP contribution in [-0.4, -0.2) is 16.2 Å². The van der Waals surface area contributed by atoms with E-state index in [4.69, 9.17) is 16.7 Å². The molecule has 20 heavy (non-hydrogen) atoms. The Kier molecular flexibility index (Phi) is 4.01. The zero-order valence-corrected chi connectivity index (χ0v) is 13.0. The molecule has 110 valence electrons. The SMILES string of the molecule is Cc1c2c(c(Cl)c(O)c1C(C)(C)CC(=O)O)CCCC2. The molecule has 1 aliphatic rings. The lowest BCUT2D eigenvalue weighted by Gasteiger charge is -2.31. The number of carboxylic acid groups (broad SMARTS) is 1. The third kappa shape index (κ3) is 2.51. The average molecular weight is 297 g/mol. The number of carboxylic acids is 1. The number of halogens is 1. The second kappa shape index (κ2) is 5.28. The number of benzene rings is 1. The van der Waals surface area contributed by atoms with Crippen LogP contribution in [0.3, 0.4) is 0 Å². The van der Waals surface area contributed by atoms with Gasteiger partial charge in [0.05, 0.1) is 11.4 Å². The molecule has 0 heterocycles. The predicted octanol–water partition coefficient (Wildman–Crippen LogP) is 3.99. The van der Waals surface area contributed by atoms with Crippen molar-refractivity contribution < 1.29 is 15.0 Å². The first kappa shape index (κ1) is 15.2. The maximum absolute atomic E-state index is 11.1. The van der Waals surface area contributed by atoms with Gasteiger partial charge in [0.2, 0.25) is 0 Å². The van der Waals surface area contributed by atoms with Crippen molar-refractivity contribution >= 4 is 17.6 Å². The van der Waals surface area contributed by atoms with E-state index in [1.54, 1.807) is 0 Å². The maximum Gasteiger partial charge on any atom is 0.304 e. The molecule has 0 unspecified atom stereocenters. The van der Waals surface area contributed by atoms with E-state index in [-0.39, 0.29) is 12.2 Å². The Hall–Kier alpha value is -1.22. The summed E-state index contributed by atoms with van der Waals surface area (Å²) >= 11 is 6.33. The lowest BCUT2D eigenvalue weighted by Crippen LogP contribution is -2.24. The number of phenols is 1. The summed E-state index contributed by atoms with van der Waals surface area (Å²) in [5, 5.41) is 20.0. The highest BCUT2D eigenvalue weighted by molar-refractivity contribution is 6.33. The molecule has 0 radical (unpaired) electrons. The van der Waals surface area contributed by atoms with Crippen LogP contribution >= 0.6 is 11.6 Å². The summed E-state index contributed by atoms with van der Waals surface area (Å²) in [6.07, 6.45) is 4.02. The van der Waals surface area contributed by atoms with Crippen molar-refractivity contribution in [2.75, 3.05) is 0 Å². The third-order valence-electron chi connectivity index (χ3n) is 4.28. The van der Waals surface area contributed by atoms with Crippen LogP contribution < -0.4 is 0 Å². The topological polar surface area (TPSA) is 57.5 Å². The Morgan fingerprint density at radius 1 is 1.25 bits per heavy atom. The molecule has 0 saturated heterocycles. The Labute approximate surface area is 124 Å². The van der Waals surface area contributed by atoms with Crippen molar-refractivity contribution in [3.63, 3.8) is 0 Å².